The van der Waals surface area contributed by atoms with Crippen molar-refractivity contribution in [3.8, 4) is 6.07 Å². The summed E-state index contributed by atoms with van der Waals surface area (Å²) in [6.07, 6.45) is 0. The molecule has 3 rings (SSSR count). The molecule has 2 aromatic rings. The lowest BCUT2D eigenvalue weighted by atomic mass is 10.0. The highest BCUT2D eigenvalue weighted by Gasteiger charge is 2.77. The van der Waals surface area contributed by atoms with Crippen molar-refractivity contribution in [2.24, 2.45) is 5.41 Å². The number of esters is 1. The molecule has 0 aliphatic heterocycles. The van der Waals surface area contributed by atoms with Gasteiger partial charge in [0.1, 0.15) is 11.1 Å². The van der Waals surface area contributed by atoms with Crippen LogP contribution < -0.4 is 0 Å². The highest BCUT2D eigenvalue weighted by Crippen LogP contribution is 2.64. The van der Waals surface area contributed by atoms with E-state index < -0.39 is 38.2 Å². The molecule has 0 spiro atoms. The fraction of sp³-hybridized carbons (Fsp3) is 0.300. The van der Waals surface area contributed by atoms with Crippen LogP contribution in [-0.4, -0.2) is 26.2 Å². The summed E-state index contributed by atoms with van der Waals surface area (Å²) < 4.78 is 45.1. The number of hydrogen-bond donors (Lipinski definition) is 0. The molecule has 5 nitrogen and oxygen atoms in total. The van der Waals surface area contributed by atoms with E-state index in [1.807, 2.05) is 13.0 Å². The molecule has 0 aromatic heterocycles. The minimum atomic E-state index is -4.02. The van der Waals surface area contributed by atoms with Gasteiger partial charge in [0.25, 0.3) is 0 Å². The number of sulfone groups is 1. The molecule has 1 saturated carbocycles. The standard InChI is InChI=1S/C20H18FNO4S/c1-3-26-19(23)20(12-22)17(14-5-4-6-15(21)11-14)18(20)27(24,25)16-9-7-13(2)8-10-16/h4-11,17-18H,3H2,1-2H3/t17-,18+,20-/m1/s1. The number of rotatable bonds is 5. The van der Waals surface area contributed by atoms with Gasteiger partial charge in [-0.05, 0) is 43.7 Å². The van der Waals surface area contributed by atoms with Crippen LogP contribution in [0.5, 0.6) is 0 Å². The average Bonchev–Trinajstić information content (AvgIpc) is 3.34. The second kappa shape index (κ2) is 6.78. The van der Waals surface area contributed by atoms with E-state index in [4.69, 9.17) is 4.74 Å². The van der Waals surface area contributed by atoms with Gasteiger partial charge in [-0.15, -0.1) is 0 Å². The minimum Gasteiger partial charge on any atom is -0.465 e. The molecule has 0 bridgehead atoms. The zero-order chi connectivity index (χ0) is 19.8. The molecule has 7 heteroatoms. The van der Waals surface area contributed by atoms with E-state index in [0.717, 1.165) is 11.6 Å². The second-order valence-electron chi connectivity index (χ2n) is 6.51. The topological polar surface area (TPSA) is 84.2 Å². The summed E-state index contributed by atoms with van der Waals surface area (Å²) in [6.45, 7) is 3.41. The second-order valence-corrected chi connectivity index (χ2v) is 8.58. The van der Waals surface area contributed by atoms with E-state index in [-0.39, 0.29) is 17.1 Å². The molecule has 3 atom stereocenters. The molecule has 1 aliphatic rings. The Morgan fingerprint density at radius 3 is 2.48 bits per heavy atom. The molecule has 0 unspecified atom stereocenters. The van der Waals surface area contributed by atoms with Crippen LogP contribution in [0.15, 0.2) is 53.4 Å². The Bertz CT molecular complexity index is 1030. The molecule has 0 amide bonds. The highest BCUT2D eigenvalue weighted by molar-refractivity contribution is 7.92. The third-order valence-electron chi connectivity index (χ3n) is 4.82. The number of hydrogen-bond acceptors (Lipinski definition) is 5. The van der Waals surface area contributed by atoms with Crippen LogP contribution in [0.1, 0.15) is 24.0 Å². The zero-order valence-corrected chi connectivity index (χ0v) is 15.7. The number of ether oxygens (including phenoxy) is 1. The lowest BCUT2D eigenvalue weighted by Crippen LogP contribution is -2.25. The van der Waals surface area contributed by atoms with E-state index in [1.54, 1.807) is 19.1 Å². The number of aryl methyl sites for hydroxylation is 1. The van der Waals surface area contributed by atoms with Crippen molar-refractivity contribution in [3.63, 3.8) is 0 Å². The Hall–Kier alpha value is -2.72. The summed E-state index contributed by atoms with van der Waals surface area (Å²) in [7, 11) is -4.02. The third kappa shape index (κ3) is 3.00. The number of benzene rings is 2. The average molecular weight is 387 g/mol. The van der Waals surface area contributed by atoms with E-state index >= 15 is 0 Å². The Morgan fingerprint density at radius 1 is 1.26 bits per heavy atom. The van der Waals surface area contributed by atoms with Crippen LogP contribution in [0.2, 0.25) is 0 Å². The smallest absolute Gasteiger partial charge is 0.328 e. The Balaban J connectivity index is 2.14. The molecule has 0 radical (unpaired) electrons. The maximum atomic E-state index is 13.7. The number of nitrogens with zero attached hydrogens (tertiary/aromatic N) is 1. The van der Waals surface area contributed by atoms with Crippen LogP contribution in [-0.2, 0) is 19.4 Å². The zero-order valence-electron chi connectivity index (χ0n) is 14.8. The molecule has 0 saturated heterocycles. The summed E-state index contributed by atoms with van der Waals surface area (Å²) in [6, 6.07) is 13.3. The SMILES string of the molecule is CCOC(=O)[C@]1(C#N)[C@H](c2cccc(F)c2)[C@@H]1S(=O)(=O)c1ccc(C)cc1. The molecular formula is C20H18FNO4S. The van der Waals surface area contributed by atoms with Crippen molar-refractivity contribution >= 4 is 15.8 Å². The van der Waals surface area contributed by atoms with Gasteiger partial charge in [0, 0.05) is 5.92 Å². The highest BCUT2D eigenvalue weighted by atomic mass is 32.2. The van der Waals surface area contributed by atoms with Gasteiger partial charge in [0.2, 0.25) is 0 Å². The first-order chi connectivity index (χ1) is 12.8. The van der Waals surface area contributed by atoms with Crippen molar-refractivity contribution in [1.82, 2.24) is 0 Å². The Kier molecular flexibility index (Phi) is 4.79. The Labute approximate surface area is 157 Å². The minimum absolute atomic E-state index is 0.00936. The van der Waals surface area contributed by atoms with Gasteiger partial charge in [0.15, 0.2) is 15.3 Å². The molecule has 1 fully saturated rings. The van der Waals surface area contributed by atoms with Crippen LogP contribution in [0.3, 0.4) is 0 Å². The summed E-state index contributed by atoms with van der Waals surface area (Å²) >= 11 is 0. The normalized spacial score (nSPS) is 24.1. The predicted octanol–water partition coefficient (Wildman–Crippen LogP) is 3.15. The van der Waals surface area contributed by atoms with Gasteiger partial charge in [0.05, 0.1) is 17.6 Å². The van der Waals surface area contributed by atoms with E-state index in [1.165, 1.54) is 30.3 Å². The number of carbonyl (C=O) groups excluding carboxylic acids is 1. The fourth-order valence-corrected chi connectivity index (χ4v) is 5.71. The van der Waals surface area contributed by atoms with E-state index in [9.17, 15) is 22.9 Å². The monoisotopic (exact) mass is 387 g/mol. The van der Waals surface area contributed by atoms with E-state index in [2.05, 4.69) is 0 Å². The van der Waals surface area contributed by atoms with Crippen molar-refractivity contribution < 1.29 is 22.3 Å². The van der Waals surface area contributed by atoms with E-state index in [0.29, 0.717) is 0 Å². The van der Waals surface area contributed by atoms with Gasteiger partial charge in [-0.1, -0.05) is 29.8 Å². The molecular weight excluding hydrogens is 369 g/mol. The molecule has 0 heterocycles. The molecule has 27 heavy (non-hydrogen) atoms. The van der Waals surface area contributed by atoms with Crippen molar-refractivity contribution in [2.75, 3.05) is 6.61 Å². The van der Waals surface area contributed by atoms with Crippen LogP contribution >= 0.6 is 0 Å². The van der Waals surface area contributed by atoms with Gasteiger partial charge in [-0.2, -0.15) is 5.26 Å². The van der Waals surface area contributed by atoms with Gasteiger partial charge < -0.3 is 4.74 Å². The van der Waals surface area contributed by atoms with Gasteiger partial charge >= 0.3 is 5.97 Å². The largest absolute Gasteiger partial charge is 0.465 e. The van der Waals surface area contributed by atoms with Crippen molar-refractivity contribution in [2.45, 2.75) is 29.9 Å². The lowest BCUT2D eigenvalue weighted by Gasteiger charge is -2.09. The van der Waals surface area contributed by atoms with Crippen molar-refractivity contribution in [1.29, 1.82) is 5.26 Å². The molecule has 0 N–H and O–H groups in total. The third-order valence-corrected chi connectivity index (χ3v) is 7.06. The first kappa shape index (κ1) is 19.1. The summed E-state index contributed by atoms with van der Waals surface area (Å²) in [5, 5.41) is 8.44. The van der Waals surface area contributed by atoms with Gasteiger partial charge in [-0.3, -0.25) is 4.79 Å². The first-order valence-corrected chi connectivity index (χ1v) is 9.98. The maximum Gasteiger partial charge on any atom is 0.328 e. The van der Waals surface area contributed by atoms with Gasteiger partial charge in [-0.25, -0.2) is 12.8 Å². The fourth-order valence-electron chi connectivity index (χ4n) is 3.46. The number of nitriles is 1. The molecule has 140 valence electrons. The quantitative estimate of drug-likeness (QED) is 0.736. The first-order valence-electron chi connectivity index (χ1n) is 8.43. The predicted molar refractivity (Wildman–Crippen MR) is 96.0 cm³/mol. The maximum absolute atomic E-state index is 13.7. The van der Waals surface area contributed by atoms with Crippen LogP contribution in [0.25, 0.3) is 0 Å². The van der Waals surface area contributed by atoms with Crippen molar-refractivity contribution in [3.05, 3.63) is 65.5 Å². The number of carbonyl (C=O) groups is 1. The Morgan fingerprint density at radius 2 is 1.93 bits per heavy atom. The summed E-state index contributed by atoms with van der Waals surface area (Å²) in [5.74, 6) is -2.47. The number of halogens is 1. The summed E-state index contributed by atoms with van der Waals surface area (Å²) in [4.78, 5) is 12.6. The van der Waals surface area contributed by atoms with Crippen LogP contribution in [0.4, 0.5) is 4.39 Å². The molecule has 1 aliphatic carbocycles. The summed E-state index contributed by atoms with van der Waals surface area (Å²) in [5.41, 5.74) is -0.735. The lowest BCUT2D eigenvalue weighted by molar-refractivity contribution is -0.147. The molecule has 2 aromatic carbocycles. The van der Waals surface area contributed by atoms with Crippen LogP contribution in [0, 0.1) is 29.5 Å².